The number of amidine groups is 2. The number of benzene rings is 2. The third kappa shape index (κ3) is 3.97. The zero-order valence-corrected chi connectivity index (χ0v) is 19.9. The first-order chi connectivity index (χ1) is 16.4. The molecule has 1 amide bonds. The number of aromatic nitrogens is 1. The number of ether oxygens (including phenoxy) is 1. The number of carbonyl (C=O) groups excluding carboxylic acids is 1. The minimum Gasteiger partial charge on any atom is -0.486 e. The van der Waals surface area contributed by atoms with Crippen LogP contribution in [0.25, 0.3) is 11.8 Å². The number of fused-ring (bicyclic) bond motifs is 1. The van der Waals surface area contributed by atoms with Gasteiger partial charge in [0.05, 0.1) is 5.57 Å². The van der Waals surface area contributed by atoms with Crippen molar-refractivity contribution >= 4 is 39.8 Å². The van der Waals surface area contributed by atoms with Crippen LogP contribution in [-0.2, 0) is 4.79 Å². The topological polar surface area (TPSA) is 83.0 Å². The highest BCUT2D eigenvalue weighted by Crippen LogP contribution is 2.30. The van der Waals surface area contributed by atoms with Crippen LogP contribution in [0, 0.1) is 26.2 Å². The summed E-state index contributed by atoms with van der Waals surface area (Å²) in [6, 6.07) is 19.8. The van der Waals surface area contributed by atoms with Gasteiger partial charge >= 0.3 is 0 Å². The fraction of sp³-hybridized carbons (Fsp3) is 0.154. The van der Waals surface area contributed by atoms with E-state index in [4.69, 9.17) is 10.1 Å². The number of aryl methyl sites for hydroxylation is 2. The Balaban J connectivity index is 1.40. The van der Waals surface area contributed by atoms with Gasteiger partial charge in [0.25, 0.3) is 5.91 Å². The van der Waals surface area contributed by atoms with Crippen LogP contribution in [0.1, 0.15) is 22.5 Å². The van der Waals surface area contributed by atoms with Crippen molar-refractivity contribution < 1.29 is 9.53 Å². The van der Waals surface area contributed by atoms with Gasteiger partial charge in [-0.05, 0) is 74.0 Å². The predicted octanol–water partition coefficient (Wildman–Crippen LogP) is 5.10. The number of hydrogen-bond acceptors (Lipinski definition) is 5. The molecule has 2 aliphatic rings. The summed E-state index contributed by atoms with van der Waals surface area (Å²) in [5.41, 5.74) is 5.18. The van der Waals surface area contributed by atoms with Crippen molar-refractivity contribution in [3.63, 3.8) is 0 Å². The lowest BCUT2D eigenvalue weighted by Gasteiger charge is -2.20. The second-order valence-electron chi connectivity index (χ2n) is 8.07. The Hall–Kier alpha value is -3.91. The van der Waals surface area contributed by atoms with E-state index in [0.717, 1.165) is 34.0 Å². The smallest absolute Gasteiger partial charge is 0.283 e. The molecule has 0 saturated carbocycles. The summed E-state index contributed by atoms with van der Waals surface area (Å²) < 4.78 is 8.01. The summed E-state index contributed by atoms with van der Waals surface area (Å²) in [6.07, 6.45) is 1.73. The van der Waals surface area contributed by atoms with Gasteiger partial charge in [-0.15, -0.1) is 0 Å². The van der Waals surface area contributed by atoms with Gasteiger partial charge in [-0.25, -0.2) is 0 Å². The molecule has 0 aliphatic carbocycles. The summed E-state index contributed by atoms with van der Waals surface area (Å²) in [7, 11) is 0. The number of aliphatic imine (C=N–C) groups is 1. The summed E-state index contributed by atoms with van der Waals surface area (Å²) in [5, 5.41) is 15.6. The van der Waals surface area contributed by atoms with Gasteiger partial charge in [0.1, 0.15) is 17.4 Å². The Morgan fingerprint density at radius 3 is 2.56 bits per heavy atom. The lowest BCUT2D eigenvalue weighted by molar-refractivity contribution is -0.114. The lowest BCUT2D eigenvalue weighted by atomic mass is 10.1. The van der Waals surface area contributed by atoms with Crippen molar-refractivity contribution in [2.24, 2.45) is 10.1 Å². The SMILES string of the molecule is Cc1ccccc1OCC1=NN2C(=N)C(=Cc3cc(C)n(-c4ccccc4)c3C)C(=O)N=C2S1. The van der Waals surface area contributed by atoms with Crippen molar-refractivity contribution in [3.8, 4) is 11.4 Å². The lowest BCUT2D eigenvalue weighted by Crippen LogP contribution is -2.35. The number of carbonyl (C=O) groups is 1. The number of nitrogens with one attached hydrogen (secondary N) is 1. The van der Waals surface area contributed by atoms with Gasteiger partial charge in [0, 0.05) is 17.1 Å². The highest BCUT2D eigenvalue weighted by molar-refractivity contribution is 8.27. The zero-order valence-electron chi connectivity index (χ0n) is 19.1. The summed E-state index contributed by atoms with van der Waals surface area (Å²) in [4.78, 5) is 17.0. The molecule has 3 aromatic rings. The van der Waals surface area contributed by atoms with Crippen molar-refractivity contribution in [2.75, 3.05) is 6.61 Å². The average molecular weight is 470 g/mol. The van der Waals surface area contributed by atoms with E-state index in [1.165, 1.54) is 16.8 Å². The maximum Gasteiger partial charge on any atom is 0.283 e. The maximum absolute atomic E-state index is 12.8. The number of nitrogens with zero attached hydrogens (tertiary/aromatic N) is 4. The molecule has 0 bridgehead atoms. The standard InChI is InChI=1S/C26H23N5O2S/c1-16-9-7-8-12-22(16)33-15-23-29-31-24(27)21(25(32)28-26(31)34-23)14-19-13-17(2)30(18(19)3)20-10-5-4-6-11-20/h4-14,27H,15H2,1-3H3. The Kier molecular flexibility index (Phi) is 5.67. The molecule has 0 unspecified atom stereocenters. The fourth-order valence-electron chi connectivity index (χ4n) is 4.01. The largest absolute Gasteiger partial charge is 0.486 e. The summed E-state index contributed by atoms with van der Waals surface area (Å²) >= 11 is 1.25. The van der Waals surface area contributed by atoms with Crippen molar-refractivity contribution in [1.82, 2.24) is 9.58 Å². The second kappa shape index (κ2) is 8.79. The third-order valence-electron chi connectivity index (χ3n) is 5.73. The van der Waals surface area contributed by atoms with Crippen LogP contribution in [0.3, 0.4) is 0 Å². The van der Waals surface area contributed by atoms with Crippen LogP contribution in [0.4, 0.5) is 0 Å². The molecule has 0 saturated heterocycles. The van der Waals surface area contributed by atoms with Gasteiger partial charge in [-0.3, -0.25) is 10.2 Å². The molecule has 1 aromatic heterocycles. The molecule has 2 aromatic carbocycles. The van der Waals surface area contributed by atoms with E-state index in [1.807, 2.05) is 81.4 Å². The van der Waals surface area contributed by atoms with Crippen LogP contribution in [0.2, 0.25) is 0 Å². The van der Waals surface area contributed by atoms with Crippen molar-refractivity contribution in [1.29, 1.82) is 5.41 Å². The highest BCUT2D eigenvalue weighted by Gasteiger charge is 2.36. The first-order valence-corrected chi connectivity index (χ1v) is 11.7. The molecular formula is C26H23N5O2S. The van der Waals surface area contributed by atoms with E-state index in [1.54, 1.807) is 6.08 Å². The van der Waals surface area contributed by atoms with Gasteiger partial charge in [0.15, 0.2) is 5.84 Å². The molecule has 0 radical (unpaired) electrons. The third-order valence-corrected chi connectivity index (χ3v) is 6.61. The Morgan fingerprint density at radius 2 is 1.79 bits per heavy atom. The van der Waals surface area contributed by atoms with Gasteiger partial charge < -0.3 is 9.30 Å². The van der Waals surface area contributed by atoms with Crippen LogP contribution in [-0.4, -0.2) is 38.1 Å². The first-order valence-electron chi connectivity index (χ1n) is 10.8. The van der Waals surface area contributed by atoms with Crippen LogP contribution in [0.15, 0.2) is 76.3 Å². The minimum absolute atomic E-state index is 0.0119. The van der Waals surface area contributed by atoms with E-state index in [0.29, 0.717) is 10.2 Å². The molecule has 8 heteroatoms. The molecular weight excluding hydrogens is 446 g/mol. The average Bonchev–Trinajstić information content (AvgIpc) is 3.36. The number of thioether (sulfide) groups is 1. The van der Waals surface area contributed by atoms with E-state index < -0.39 is 5.91 Å². The molecule has 2 aliphatic heterocycles. The van der Waals surface area contributed by atoms with E-state index in [2.05, 4.69) is 14.7 Å². The number of hydrazone groups is 1. The van der Waals surface area contributed by atoms with Crippen molar-refractivity contribution in [2.45, 2.75) is 20.8 Å². The molecule has 3 heterocycles. The van der Waals surface area contributed by atoms with Crippen LogP contribution >= 0.6 is 11.8 Å². The molecule has 34 heavy (non-hydrogen) atoms. The monoisotopic (exact) mass is 469 g/mol. The summed E-state index contributed by atoms with van der Waals surface area (Å²) in [6.45, 7) is 6.24. The molecule has 170 valence electrons. The highest BCUT2D eigenvalue weighted by atomic mass is 32.2. The fourth-order valence-corrected chi connectivity index (χ4v) is 4.81. The molecule has 1 N–H and O–H groups in total. The Labute approximate surface area is 202 Å². The second-order valence-corrected chi connectivity index (χ2v) is 9.11. The van der Waals surface area contributed by atoms with Gasteiger partial charge in [-0.1, -0.05) is 36.4 Å². The van der Waals surface area contributed by atoms with E-state index in [-0.39, 0.29) is 18.0 Å². The first kappa shape index (κ1) is 21.9. The van der Waals surface area contributed by atoms with E-state index in [9.17, 15) is 4.79 Å². The molecule has 0 spiro atoms. The molecule has 0 atom stereocenters. The molecule has 0 fully saturated rings. The number of para-hydroxylation sites is 2. The molecule has 7 nitrogen and oxygen atoms in total. The van der Waals surface area contributed by atoms with Gasteiger partial charge in [0.2, 0.25) is 5.17 Å². The minimum atomic E-state index is -0.440. The van der Waals surface area contributed by atoms with Crippen LogP contribution < -0.4 is 4.74 Å². The Bertz CT molecular complexity index is 1400. The van der Waals surface area contributed by atoms with Crippen molar-refractivity contribution in [3.05, 3.63) is 88.8 Å². The number of hydrogen-bond donors (Lipinski definition) is 1. The predicted molar refractivity (Wildman–Crippen MR) is 137 cm³/mol. The van der Waals surface area contributed by atoms with Gasteiger partial charge in [-0.2, -0.15) is 15.1 Å². The molecule has 5 rings (SSSR count). The van der Waals surface area contributed by atoms with Crippen LogP contribution in [0.5, 0.6) is 5.75 Å². The summed E-state index contributed by atoms with van der Waals surface area (Å²) in [5.74, 6) is 0.348. The van der Waals surface area contributed by atoms with E-state index >= 15 is 0 Å². The zero-order chi connectivity index (χ0) is 23.8. The Morgan fingerprint density at radius 1 is 1.06 bits per heavy atom. The number of amides is 1. The maximum atomic E-state index is 12.8. The quantitative estimate of drug-likeness (QED) is 0.527. The number of rotatable bonds is 5. The normalized spacial score (nSPS) is 16.6.